The SMILES string of the molecule is CC(NS(=O)(=O)c1ccc(CN)s1)c1ccc(F)cc1. The van der Waals surface area contributed by atoms with E-state index in [0.717, 1.165) is 16.2 Å². The van der Waals surface area contributed by atoms with Crippen molar-refractivity contribution in [2.75, 3.05) is 0 Å². The van der Waals surface area contributed by atoms with Gasteiger partial charge in [0.05, 0.1) is 0 Å². The molecule has 1 atom stereocenters. The molecule has 108 valence electrons. The van der Waals surface area contributed by atoms with Gasteiger partial charge in [-0.2, -0.15) is 0 Å². The molecule has 20 heavy (non-hydrogen) atoms. The third-order valence-electron chi connectivity index (χ3n) is 2.80. The summed E-state index contributed by atoms with van der Waals surface area (Å²) < 4.78 is 40.0. The highest BCUT2D eigenvalue weighted by atomic mass is 32.2. The van der Waals surface area contributed by atoms with Crippen LogP contribution in [0.4, 0.5) is 4.39 Å². The van der Waals surface area contributed by atoms with E-state index >= 15 is 0 Å². The highest BCUT2D eigenvalue weighted by Gasteiger charge is 2.20. The summed E-state index contributed by atoms with van der Waals surface area (Å²) in [5, 5.41) is 0. The van der Waals surface area contributed by atoms with Crippen LogP contribution in [0.5, 0.6) is 0 Å². The number of thiophene rings is 1. The summed E-state index contributed by atoms with van der Waals surface area (Å²) in [7, 11) is -3.59. The molecule has 1 aromatic carbocycles. The minimum absolute atomic E-state index is 0.229. The van der Waals surface area contributed by atoms with Gasteiger partial charge in [-0.05, 0) is 36.8 Å². The summed E-state index contributed by atoms with van der Waals surface area (Å²) in [5.41, 5.74) is 6.17. The molecule has 0 aliphatic rings. The lowest BCUT2D eigenvalue weighted by molar-refractivity contribution is 0.568. The van der Waals surface area contributed by atoms with Crippen LogP contribution in [0.3, 0.4) is 0 Å². The average molecular weight is 314 g/mol. The maximum Gasteiger partial charge on any atom is 0.250 e. The van der Waals surface area contributed by atoms with Crippen molar-refractivity contribution in [2.45, 2.75) is 23.7 Å². The van der Waals surface area contributed by atoms with Crippen LogP contribution in [0, 0.1) is 5.82 Å². The molecule has 0 saturated carbocycles. The number of hydrogen-bond donors (Lipinski definition) is 2. The Labute approximate surface area is 121 Å². The first-order valence-corrected chi connectivity index (χ1v) is 8.29. The molecule has 0 radical (unpaired) electrons. The van der Waals surface area contributed by atoms with E-state index in [1.54, 1.807) is 25.1 Å². The van der Waals surface area contributed by atoms with Crippen molar-refractivity contribution in [3.8, 4) is 0 Å². The molecular formula is C13H15FN2O2S2. The summed E-state index contributed by atoms with van der Waals surface area (Å²) in [6, 6.07) is 8.51. The van der Waals surface area contributed by atoms with Gasteiger partial charge < -0.3 is 5.73 Å². The summed E-state index contributed by atoms with van der Waals surface area (Å²) in [6.45, 7) is 2.02. The second-order valence-corrected chi connectivity index (χ2v) is 7.43. The standard InChI is InChI=1S/C13H15FN2O2S2/c1-9(10-2-4-11(14)5-3-10)16-20(17,18)13-7-6-12(8-15)19-13/h2-7,9,16H,8,15H2,1H3. The lowest BCUT2D eigenvalue weighted by Crippen LogP contribution is -2.26. The number of halogens is 1. The predicted molar refractivity (Wildman–Crippen MR) is 77.3 cm³/mol. The third-order valence-corrected chi connectivity index (χ3v) is 5.95. The number of nitrogens with two attached hydrogens (primary N) is 1. The number of nitrogens with one attached hydrogen (secondary N) is 1. The highest BCUT2D eigenvalue weighted by Crippen LogP contribution is 2.23. The molecule has 1 aromatic heterocycles. The van der Waals surface area contributed by atoms with Gasteiger partial charge in [0.15, 0.2) is 0 Å². The van der Waals surface area contributed by atoms with E-state index in [0.29, 0.717) is 12.1 Å². The van der Waals surface area contributed by atoms with E-state index in [2.05, 4.69) is 4.72 Å². The quantitative estimate of drug-likeness (QED) is 0.890. The zero-order valence-corrected chi connectivity index (χ0v) is 12.5. The largest absolute Gasteiger partial charge is 0.326 e. The van der Waals surface area contributed by atoms with Crippen LogP contribution in [0.1, 0.15) is 23.4 Å². The van der Waals surface area contributed by atoms with Gasteiger partial charge in [0.25, 0.3) is 10.0 Å². The summed E-state index contributed by atoms with van der Waals surface area (Å²) in [5.74, 6) is -0.352. The van der Waals surface area contributed by atoms with Gasteiger partial charge in [-0.15, -0.1) is 11.3 Å². The number of sulfonamides is 1. The van der Waals surface area contributed by atoms with Crippen LogP contribution in [-0.2, 0) is 16.6 Å². The van der Waals surface area contributed by atoms with Crippen molar-refractivity contribution in [3.63, 3.8) is 0 Å². The normalized spacial score (nSPS) is 13.3. The molecule has 0 amide bonds. The Bertz CT molecular complexity index is 681. The van der Waals surface area contributed by atoms with E-state index in [1.165, 1.54) is 18.2 Å². The average Bonchev–Trinajstić information content (AvgIpc) is 2.88. The topological polar surface area (TPSA) is 72.2 Å². The molecule has 2 rings (SSSR count). The van der Waals surface area contributed by atoms with Crippen molar-refractivity contribution in [2.24, 2.45) is 5.73 Å². The summed E-state index contributed by atoms with van der Waals surface area (Å²) in [4.78, 5) is 0.805. The fourth-order valence-corrected chi connectivity index (χ4v) is 4.21. The fourth-order valence-electron chi connectivity index (χ4n) is 1.72. The van der Waals surface area contributed by atoms with Crippen molar-refractivity contribution in [1.82, 2.24) is 4.72 Å². The van der Waals surface area contributed by atoms with Crippen LogP contribution < -0.4 is 10.5 Å². The molecule has 0 saturated heterocycles. The third kappa shape index (κ3) is 3.43. The van der Waals surface area contributed by atoms with E-state index in [-0.39, 0.29) is 10.0 Å². The molecular weight excluding hydrogens is 299 g/mol. The number of hydrogen-bond acceptors (Lipinski definition) is 4. The van der Waals surface area contributed by atoms with Crippen LogP contribution in [0.25, 0.3) is 0 Å². The summed E-state index contributed by atoms with van der Waals surface area (Å²) in [6.07, 6.45) is 0. The zero-order chi connectivity index (χ0) is 14.8. The molecule has 1 heterocycles. The predicted octanol–water partition coefficient (Wildman–Crippen LogP) is 2.39. The first kappa shape index (κ1) is 15.1. The monoisotopic (exact) mass is 314 g/mol. The second-order valence-electron chi connectivity index (χ2n) is 4.32. The Morgan fingerprint density at radius 3 is 2.45 bits per heavy atom. The smallest absolute Gasteiger partial charge is 0.250 e. The molecule has 3 N–H and O–H groups in total. The van der Waals surface area contributed by atoms with Gasteiger partial charge in [-0.1, -0.05) is 12.1 Å². The molecule has 1 unspecified atom stereocenters. The maximum atomic E-state index is 12.8. The Morgan fingerprint density at radius 1 is 1.25 bits per heavy atom. The van der Waals surface area contributed by atoms with E-state index in [9.17, 15) is 12.8 Å². The van der Waals surface area contributed by atoms with Gasteiger partial charge in [0.1, 0.15) is 10.0 Å². The lowest BCUT2D eigenvalue weighted by atomic mass is 10.1. The van der Waals surface area contributed by atoms with Crippen LogP contribution in [-0.4, -0.2) is 8.42 Å². The molecule has 0 aliphatic heterocycles. The first-order valence-electron chi connectivity index (χ1n) is 5.99. The Kier molecular flexibility index (Phi) is 4.54. The van der Waals surface area contributed by atoms with E-state index in [4.69, 9.17) is 5.73 Å². The molecule has 0 spiro atoms. The van der Waals surface area contributed by atoms with Crippen LogP contribution in [0.2, 0.25) is 0 Å². The number of benzene rings is 1. The van der Waals surface area contributed by atoms with Gasteiger partial charge in [-0.3, -0.25) is 0 Å². The summed E-state index contributed by atoms with van der Waals surface area (Å²) >= 11 is 1.14. The molecule has 2 aromatic rings. The van der Waals surface area contributed by atoms with E-state index in [1.807, 2.05) is 0 Å². The van der Waals surface area contributed by atoms with Crippen LogP contribution in [0.15, 0.2) is 40.6 Å². The minimum atomic E-state index is -3.59. The molecule has 0 bridgehead atoms. The maximum absolute atomic E-state index is 12.8. The molecule has 4 nitrogen and oxygen atoms in total. The van der Waals surface area contributed by atoms with Gasteiger partial charge in [0.2, 0.25) is 0 Å². The zero-order valence-electron chi connectivity index (χ0n) is 10.8. The Morgan fingerprint density at radius 2 is 1.90 bits per heavy atom. The minimum Gasteiger partial charge on any atom is -0.326 e. The lowest BCUT2D eigenvalue weighted by Gasteiger charge is -2.13. The van der Waals surface area contributed by atoms with Crippen molar-refractivity contribution in [1.29, 1.82) is 0 Å². The Balaban J connectivity index is 2.17. The molecule has 0 aliphatic carbocycles. The van der Waals surface area contributed by atoms with Crippen LogP contribution >= 0.6 is 11.3 Å². The van der Waals surface area contributed by atoms with Gasteiger partial charge in [-0.25, -0.2) is 17.5 Å². The molecule has 0 fully saturated rings. The fraction of sp³-hybridized carbons (Fsp3) is 0.231. The van der Waals surface area contributed by atoms with Crippen molar-refractivity contribution >= 4 is 21.4 Å². The second kappa shape index (κ2) is 6.01. The van der Waals surface area contributed by atoms with Gasteiger partial charge in [0, 0.05) is 17.5 Å². The first-order chi connectivity index (χ1) is 9.42. The van der Waals surface area contributed by atoms with Crippen molar-refractivity contribution < 1.29 is 12.8 Å². The van der Waals surface area contributed by atoms with E-state index < -0.39 is 16.1 Å². The van der Waals surface area contributed by atoms with Crippen molar-refractivity contribution in [3.05, 3.63) is 52.7 Å². The molecule has 7 heteroatoms. The number of rotatable bonds is 5. The van der Waals surface area contributed by atoms with Gasteiger partial charge >= 0.3 is 0 Å². The highest BCUT2D eigenvalue weighted by molar-refractivity contribution is 7.91. The Hall–Kier alpha value is -1.28.